The second-order valence-electron chi connectivity index (χ2n) is 10.6. The molecule has 36 heavy (non-hydrogen) atoms. The molecule has 1 aliphatic heterocycles. The molecule has 4 atom stereocenters. The number of nitrogens with zero attached hydrogens (tertiary/aromatic N) is 2. The minimum atomic E-state index is -0.975. The zero-order valence-corrected chi connectivity index (χ0v) is 23.2. The Morgan fingerprint density at radius 2 is 1.97 bits per heavy atom. The van der Waals surface area contributed by atoms with Crippen molar-refractivity contribution in [3.63, 3.8) is 0 Å². The summed E-state index contributed by atoms with van der Waals surface area (Å²) in [7, 11) is -0.975. The normalized spacial score (nSPS) is 26.3. The van der Waals surface area contributed by atoms with E-state index in [-0.39, 0.29) is 17.5 Å². The lowest BCUT2D eigenvalue weighted by atomic mass is 9.80. The highest BCUT2D eigenvalue weighted by atomic mass is 35.5. The number of hydrogen-bond acceptors (Lipinski definition) is 3. The number of carbonyl (C=O) groups excluding carboxylic acids is 1. The van der Waals surface area contributed by atoms with Crippen LogP contribution in [0, 0.1) is 5.92 Å². The molecule has 1 heterocycles. The Morgan fingerprint density at radius 3 is 2.69 bits per heavy atom. The van der Waals surface area contributed by atoms with Gasteiger partial charge in [0.1, 0.15) is 0 Å². The Hall–Kier alpha value is -1.60. The molecule has 1 saturated heterocycles. The number of fused-ring (bicyclic) bond motifs is 1. The van der Waals surface area contributed by atoms with Crippen LogP contribution >= 0.6 is 23.2 Å². The summed E-state index contributed by atoms with van der Waals surface area (Å²) in [5, 5.41) is 3.98. The lowest BCUT2D eigenvalue weighted by molar-refractivity contribution is 0.156. The van der Waals surface area contributed by atoms with E-state index in [1.54, 1.807) is 24.5 Å². The Kier molecular flexibility index (Phi) is 7.97. The van der Waals surface area contributed by atoms with Crippen LogP contribution in [0.3, 0.4) is 0 Å². The van der Waals surface area contributed by atoms with Crippen LogP contribution in [0.5, 0.6) is 0 Å². The number of benzene rings is 2. The van der Waals surface area contributed by atoms with E-state index in [2.05, 4.69) is 27.2 Å². The summed E-state index contributed by atoms with van der Waals surface area (Å²) in [6.07, 6.45) is 9.48. The molecule has 0 radical (unpaired) electrons. The van der Waals surface area contributed by atoms with E-state index in [0.29, 0.717) is 21.7 Å². The van der Waals surface area contributed by atoms with E-state index in [0.717, 1.165) is 50.1 Å². The minimum absolute atomic E-state index is 0.0589. The average Bonchev–Trinajstić information content (AvgIpc) is 3.38. The molecule has 2 aromatic rings. The minimum Gasteiger partial charge on any atom is -0.321 e. The molecule has 2 amide bonds. The third-order valence-electron chi connectivity index (χ3n) is 8.40. The van der Waals surface area contributed by atoms with Crippen LogP contribution in [-0.4, -0.2) is 58.5 Å². The smallest absolute Gasteiger partial charge is 0.321 e. The highest BCUT2D eigenvalue weighted by Gasteiger charge is 2.58. The van der Waals surface area contributed by atoms with E-state index in [9.17, 15) is 9.00 Å². The number of likely N-dealkylation sites (tertiary alicyclic amines) is 1. The fourth-order valence-electron chi connectivity index (χ4n) is 6.32. The number of urea groups is 1. The van der Waals surface area contributed by atoms with Gasteiger partial charge in [-0.3, -0.25) is 4.21 Å². The number of carbonyl (C=O) groups is 1. The van der Waals surface area contributed by atoms with Gasteiger partial charge in [-0.1, -0.05) is 35.3 Å². The van der Waals surface area contributed by atoms with Gasteiger partial charge in [0.05, 0.1) is 10.0 Å². The molecule has 2 aliphatic carbocycles. The van der Waals surface area contributed by atoms with Crippen molar-refractivity contribution in [2.75, 3.05) is 37.8 Å². The van der Waals surface area contributed by atoms with E-state index in [1.807, 2.05) is 12.1 Å². The second kappa shape index (κ2) is 11.0. The Balaban J connectivity index is 1.28. The van der Waals surface area contributed by atoms with Crippen molar-refractivity contribution in [3.8, 4) is 0 Å². The monoisotopic (exact) mass is 547 g/mol. The molecule has 3 fully saturated rings. The van der Waals surface area contributed by atoms with Crippen LogP contribution in [0.1, 0.15) is 50.5 Å². The van der Waals surface area contributed by atoms with Gasteiger partial charge < -0.3 is 15.1 Å². The van der Waals surface area contributed by atoms with Gasteiger partial charge >= 0.3 is 6.03 Å². The molecule has 2 saturated carbocycles. The highest BCUT2D eigenvalue weighted by Crippen LogP contribution is 2.63. The number of amides is 2. The van der Waals surface area contributed by atoms with Crippen LogP contribution in [0.15, 0.2) is 47.4 Å². The van der Waals surface area contributed by atoms with Crippen LogP contribution in [0.2, 0.25) is 10.0 Å². The topological polar surface area (TPSA) is 52.7 Å². The van der Waals surface area contributed by atoms with Crippen LogP contribution in [0.4, 0.5) is 10.5 Å². The molecule has 5 nitrogen and oxygen atoms in total. The maximum Gasteiger partial charge on any atom is 0.322 e. The van der Waals surface area contributed by atoms with Crippen LogP contribution in [0.25, 0.3) is 0 Å². The number of anilines is 1. The lowest BCUT2D eigenvalue weighted by Gasteiger charge is -2.37. The molecule has 194 valence electrons. The first-order valence-electron chi connectivity index (χ1n) is 13.0. The van der Waals surface area contributed by atoms with Crippen molar-refractivity contribution >= 4 is 45.7 Å². The number of hydrogen-bond donors (Lipinski definition) is 1. The Labute approximate surface area is 227 Å². The van der Waals surface area contributed by atoms with Crippen molar-refractivity contribution in [2.45, 2.75) is 61.3 Å². The first-order chi connectivity index (χ1) is 17.4. The summed E-state index contributed by atoms with van der Waals surface area (Å²) >= 11 is 12.3. The molecule has 2 unspecified atom stereocenters. The van der Waals surface area contributed by atoms with Crippen LogP contribution < -0.4 is 5.32 Å². The van der Waals surface area contributed by atoms with Crippen molar-refractivity contribution in [2.24, 2.45) is 5.92 Å². The quantitative estimate of drug-likeness (QED) is 0.407. The number of nitrogens with one attached hydrogen (secondary N) is 1. The van der Waals surface area contributed by atoms with Gasteiger partial charge in [0.25, 0.3) is 0 Å². The zero-order valence-electron chi connectivity index (χ0n) is 20.8. The van der Waals surface area contributed by atoms with Gasteiger partial charge in [0, 0.05) is 40.2 Å². The molecule has 0 spiro atoms. The maximum absolute atomic E-state index is 13.5. The number of rotatable bonds is 8. The van der Waals surface area contributed by atoms with E-state index in [4.69, 9.17) is 23.2 Å². The average molecular weight is 549 g/mol. The fraction of sp³-hybridized carbons (Fsp3) is 0.536. The Bertz CT molecular complexity index is 1140. The maximum atomic E-state index is 13.5. The second-order valence-corrected chi connectivity index (χ2v) is 12.8. The lowest BCUT2D eigenvalue weighted by Crippen LogP contribution is -2.46. The molecule has 0 bridgehead atoms. The van der Waals surface area contributed by atoms with Crippen molar-refractivity contribution in [3.05, 3.63) is 58.1 Å². The predicted molar refractivity (Wildman–Crippen MR) is 149 cm³/mol. The molecular weight excluding hydrogens is 513 g/mol. The van der Waals surface area contributed by atoms with Crippen LogP contribution in [-0.2, 0) is 16.2 Å². The standard InChI is InChI=1S/C28H35Cl2N3O2S/c1-36(35)24-7-4-6-20(17-24)28-11-10-23(16-21(28)19-28)33(15-5-14-32-12-2-3-13-32)27(34)31-22-8-9-25(29)26(30)18-22/h4,6-9,17-18,21,23H,2-3,5,10-16,19H2,1H3,(H,31,34)/t21?,23-,28+,36?/m1/s1. The molecule has 8 heteroatoms. The summed E-state index contributed by atoms with van der Waals surface area (Å²) in [6.45, 7) is 4.13. The fourth-order valence-corrected chi connectivity index (χ4v) is 7.18. The summed E-state index contributed by atoms with van der Waals surface area (Å²) in [6, 6.07) is 13.7. The van der Waals surface area contributed by atoms with Gasteiger partial charge in [-0.2, -0.15) is 0 Å². The molecule has 5 rings (SSSR count). The van der Waals surface area contributed by atoms with Gasteiger partial charge in [0.2, 0.25) is 0 Å². The highest BCUT2D eigenvalue weighted by molar-refractivity contribution is 7.84. The number of halogens is 2. The summed E-state index contributed by atoms with van der Waals surface area (Å²) < 4.78 is 12.0. The molecule has 1 N–H and O–H groups in total. The van der Waals surface area contributed by atoms with Gasteiger partial charge in [-0.15, -0.1) is 0 Å². The largest absolute Gasteiger partial charge is 0.322 e. The van der Waals surface area contributed by atoms with E-state index < -0.39 is 10.8 Å². The van der Waals surface area contributed by atoms with Gasteiger partial charge in [-0.25, -0.2) is 4.79 Å². The summed E-state index contributed by atoms with van der Waals surface area (Å²) in [5.41, 5.74) is 2.17. The third kappa shape index (κ3) is 5.62. The predicted octanol–water partition coefficient (Wildman–Crippen LogP) is 6.56. The van der Waals surface area contributed by atoms with Crippen molar-refractivity contribution in [1.29, 1.82) is 0 Å². The molecule has 2 aromatic carbocycles. The zero-order chi connectivity index (χ0) is 25.3. The first-order valence-corrected chi connectivity index (χ1v) is 15.4. The van der Waals surface area contributed by atoms with Crippen molar-refractivity contribution in [1.82, 2.24) is 9.80 Å². The van der Waals surface area contributed by atoms with Gasteiger partial charge in [0.15, 0.2) is 0 Å². The summed E-state index contributed by atoms with van der Waals surface area (Å²) in [4.78, 5) is 19.0. The van der Waals surface area contributed by atoms with Gasteiger partial charge in [-0.05, 0) is 112 Å². The molecular formula is C28H35Cl2N3O2S. The first kappa shape index (κ1) is 26.0. The molecule has 3 aliphatic rings. The molecule has 0 aromatic heterocycles. The summed E-state index contributed by atoms with van der Waals surface area (Å²) in [5.74, 6) is 0.565. The SMILES string of the molecule is CS(=O)c1cccc([C@@]23CC[C@@H](N(CCCN4CCCC4)C(=O)Nc4ccc(Cl)c(Cl)c4)CC2C3)c1. The van der Waals surface area contributed by atoms with Crippen molar-refractivity contribution < 1.29 is 9.00 Å². The van der Waals surface area contributed by atoms with E-state index >= 15 is 0 Å². The Morgan fingerprint density at radius 1 is 1.17 bits per heavy atom. The third-order valence-corrected chi connectivity index (χ3v) is 10.1. The van der Waals surface area contributed by atoms with E-state index in [1.165, 1.54) is 31.5 Å².